The number of hydrogen-bond acceptors (Lipinski definition) is 5. The molecule has 1 aromatic carbocycles. The maximum Gasteiger partial charge on any atom is 0.271 e. The van der Waals surface area contributed by atoms with Gasteiger partial charge in [0.05, 0.1) is 12.4 Å². The van der Waals surface area contributed by atoms with Gasteiger partial charge in [0.25, 0.3) is 5.91 Å². The number of piperazine rings is 1. The molecular weight excluding hydrogens is 318 g/mol. The lowest BCUT2D eigenvalue weighted by molar-refractivity contribution is -0.118. The van der Waals surface area contributed by atoms with E-state index in [1.165, 1.54) is 6.20 Å². The summed E-state index contributed by atoms with van der Waals surface area (Å²) in [6.45, 7) is 5.25. The minimum atomic E-state index is -0.243. The molecule has 7 heteroatoms. The summed E-state index contributed by atoms with van der Waals surface area (Å²) in [4.78, 5) is 35.3. The molecule has 0 saturated carbocycles. The zero-order valence-corrected chi connectivity index (χ0v) is 14.2. The van der Waals surface area contributed by atoms with Gasteiger partial charge in [0.1, 0.15) is 11.5 Å². The van der Waals surface area contributed by atoms with E-state index in [-0.39, 0.29) is 5.91 Å². The molecule has 1 aromatic heterocycles. The maximum absolute atomic E-state index is 12.2. The largest absolute Gasteiger partial charge is 0.352 e. The van der Waals surface area contributed by atoms with Crippen molar-refractivity contribution in [3.05, 3.63) is 53.5 Å². The lowest BCUT2D eigenvalue weighted by atomic mass is 10.1. The first-order chi connectivity index (χ1) is 12.2. The average Bonchev–Trinajstić information content (AvgIpc) is 2.67. The molecule has 1 fully saturated rings. The van der Waals surface area contributed by atoms with E-state index < -0.39 is 0 Å². The van der Waals surface area contributed by atoms with Gasteiger partial charge in [-0.1, -0.05) is 24.3 Å². The molecule has 3 rings (SSSR count). The van der Waals surface area contributed by atoms with Crippen LogP contribution in [0, 0.1) is 6.92 Å². The number of aryl methyl sites for hydroxylation is 1. The van der Waals surface area contributed by atoms with Crippen molar-refractivity contribution in [3.63, 3.8) is 0 Å². The van der Waals surface area contributed by atoms with Gasteiger partial charge >= 0.3 is 0 Å². The van der Waals surface area contributed by atoms with Crippen molar-refractivity contribution >= 4 is 18.1 Å². The number of nitrogens with one attached hydrogen (secondary N) is 1. The van der Waals surface area contributed by atoms with Crippen LogP contribution in [0.25, 0.3) is 0 Å². The Bertz CT molecular complexity index is 739. The second kappa shape index (κ2) is 7.74. The van der Waals surface area contributed by atoms with Crippen molar-refractivity contribution in [3.8, 4) is 0 Å². The molecule has 0 unspecified atom stereocenters. The van der Waals surface area contributed by atoms with E-state index >= 15 is 0 Å². The van der Waals surface area contributed by atoms with E-state index in [4.69, 9.17) is 0 Å². The Kier molecular flexibility index (Phi) is 5.23. The predicted molar refractivity (Wildman–Crippen MR) is 94.2 cm³/mol. The van der Waals surface area contributed by atoms with Crippen LogP contribution in [-0.4, -0.2) is 53.4 Å². The molecule has 2 aromatic rings. The van der Waals surface area contributed by atoms with Crippen LogP contribution in [0.5, 0.6) is 0 Å². The number of benzene rings is 1. The molecule has 1 N–H and O–H groups in total. The number of hydrogen-bond donors (Lipinski definition) is 1. The molecule has 0 radical (unpaired) electrons. The number of aromatic nitrogens is 2. The molecule has 0 aliphatic carbocycles. The van der Waals surface area contributed by atoms with E-state index in [1.54, 1.807) is 11.1 Å². The number of rotatable bonds is 5. The maximum atomic E-state index is 12.2. The van der Waals surface area contributed by atoms with Crippen molar-refractivity contribution in [2.75, 3.05) is 31.1 Å². The second-order valence-electron chi connectivity index (χ2n) is 6.00. The summed E-state index contributed by atoms with van der Waals surface area (Å²) in [5.74, 6) is 0.481. The highest BCUT2D eigenvalue weighted by molar-refractivity contribution is 5.92. The van der Waals surface area contributed by atoms with Crippen molar-refractivity contribution < 1.29 is 9.59 Å². The summed E-state index contributed by atoms with van der Waals surface area (Å²) in [7, 11) is 0. The minimum Gasteiger partial charge on any atom is -0.352 e. The van der Waals surface area contributed by atoms with E-state index in [1.807, 2.05) is 31.2 Å². The highest BCUT2D eigenvalue weighted by Crippen LogP contribution is 2.12. The monoisotopic (exact) mass is 339 g/mol. The Hall–Kier alpha value is -2.96. The summed E-state index contributed by atoms with van der Waals surface area (Å²) < 4.78 is 0. The van der Waals surface area contributed by atoms with Crippen LogP contribution in [0.4, 0.5) is 5.82 Å². The molecule has 1 aliphatic rings. The van der Waals surface area contributed by atoms with Gasteiger partial charge in [-0.05, 0) is 18.1 Å². The fourth-order valence-electron chi connectivity index (χ4n) is 2.73. The van der Waals surface area contributed by atoms with Crippen LogP contribution in [-0.2, 0) is 11.3 Å². The summed E-state index contributed by atoms with van der Waals surface area (Å²) in [5, 5.41) is 2.87. The molecule has 25 heavy (non-hydrogen) atoms. The van der Waals surface area contributed by atoms with E-state index in [2.05, 4.69) is 20.2 Å². The van der Waals surface area contributed by atoms with Gasteiger partial charge in [-0.3, -0.25) is 9.59 Å². The quantitative estimate of drug-likeness (QED) is 0.822. The lowest BCUT2D eigenvalue weighted by Gasteiger charge is -2.33. The molecule has 0 bridgehead atoms. The van der Waals surface area contributed by atoms with Gasteiger partial charge in [-0.25, -0.2) is 9.97 Å². The van der Waals surface area contributed by atoms with Gasteiger partial charge in [0.15, 0.2) is 0 Å². The van der Waals surface area contributed by atoms with Crippen LogP contribution >= 0.6 is 0 Å². The van der Waals surface area contributed by atoms with Crippen LogP contribution in [0.15, 0.2) is 36.7 Å². The first kappa shape index (κ1) is 16.9. The predicted octanol–water partition coefficient (Wildman–Crippen LogP) is 0.993. The van der Waals surface area contributed by atoms with Crippen LogP contribution in [0.2, 0.25) is 0 Å². The number of carbonyl (C=O) groups is 2. The third-order valence-electron chi connectivity index (χ3n) is 4.36. The number of nitrogens with zero attached hydrogens (tertiary/aromatic N) is 4. The summed E-state index contributed by atoms with van der Waals surface area (Å²) in [6.07, 6.45) is 3.97. The van der Waals surface area contributed by atoms with Crippen LogP contribution < -0.4 is 10.2 Å². The fraction of sp³-hybridized carbons (Fsp3) is 0.333. The summed E-state index contributed by atoms with van der Waals surface area (Å²) in [5.41, 5.74) is 2.51. The van der Waals surface area contributed by atoms with E-state index in [0.717, 1.165) is 23.4 Å². The smallest absolute Gasteiger partial charge is 0.271 e. The zero-order valence-electron chi connectivity index (χ0n) is 14.2. The Balaban J connectivity index is 1.57. The van der Waals surface area contributed by atoms with Gasteiger partial charge in [-0.2, -0.15) is 0 Å². The molecule has 1 saturated heterocycles. The number of anilines is 1. The Labute approximate surface area is 146 Å². The number of amides is 2. The van der Waals surface area contributed by atoms with Crippen LogP contribution in [0.1, 0.15) is 21.6 Å². The molecule has 2 heterocycles. The fourth-order valence-corrected chi connectivity index (χ4v) is 2.73. The Morgan fingerprint density at radius 3 is 2.56 bits per heavy atom. The first-order valence-corrected chi connectivity index (χ1v) is 8.26. The Morgan fingerprint density at radius 1 is 1.16 bits per heavy atom. The third kappa shape index (κ3) is 4.12. The van der Waals surface area contributed by atoms with Crippen molar-refractivity contribution in [2.24, 2.45) is 0 Å². The molecule has 0 spiro atoms. The van der Waals surface area contributed by atoms with Crippen molar-refractivity contribution in [1.82, 2.24) is 20.2 Å². The molecule has 130 valence electrons. The molecule has 7 nitrogen and oxygen atoms in total. The van der Waals surface area contributed by atoms with E-state index in [0.29, 0.717) is 38.4 Å². The van der Waals surface area contributed by atoms with Gasteiger partial charge in [-0.15, -0.1) is 0 Å². The first-order valence-electron chi connectivity index (χ1n) is 8.26. The average molecular weight is 339 g/mol. The lowest BCUT2D eigenvalue weighted by Crippen LogP contribution is -2.46. The summed E-state index contributed by atoms with van der Waals surface area (Å²) in [6, 6.07) is 7.93. The second-order valence-corrected chi connectivity index (χ2v) is 6.00. The SMILES string of the molecule is Cc1ccccc1CNC(=O)c1cnc(N2CCN(C=O)CC2)cn1. The molecule has 2 amide bonds. The molecule has 1 aliphatic heterocycles. The highest BCUT2D eigenvalue weighted by atomic mass is 16.2. The molecule has 0 atom stereocenters. The van der Waals surface area contributed by atoms with Gasteiger partial charge < -0.3 is 15.1 Å². The van der Waals surface area contributed by atoms with E-state index in [9.17, 15) is 9.59 Å². The van der Waals surface area contributed by atoms with Gasteiger partial charge in [0.2, 0.25) is 6.41 Å². The van der Waals surface area contributed by atoms with Crippen molar-refractivity contribution in [1.29, 1.82) is 0 Å². The van der Waals surface area contributed by atoms with Crippen molar-refractivity contribution in [2.45, 2.75) is 13.5 Å². The third-order valence-corrected chi connectivity index (χ3v) is 4.36. The van der Waals surface area contributed by atoms with Gasteiger partial charge in [0, 0.05) is 32.7 Å². The minimum absolute atomic E-state index is 0.243. The Morgan fingerprint density at radius 2 is 1.92 bits per heavy atom. The highest BCUT2D eigenvalue weighted by Gasteiger charge is 2.17. The number of carbonyl (C=O) groups excluding carboxylic acids is 2. The van der Waals surface area contributed by atoms with Crippen LogP contribution in [0.3, 0.4) is 0 Å². The zero-order chi connectivity index (χ0) is 17.6. The topological polar surface area (TPSA) is 78.4 Å². The molecular formula is C18H21N5O2. The normalized spacial score (nSPS) is 14.3. The summed E-state index contributed by atoms with van der Waals surface area (Å²) >= 11 is 0. The standard InChI is InChI=1S/C18H21N5O2/c1-14-4-2-3-5-15(14)10-21-18(25)16-11-20-17(12-19-16)23-8-6-22(13-24)7-9-23/h2-5,11-13H,6-10H2,1H3,(H,21,25).